The van der Waals surface area contributed by atoms with Gasteiger partial charge in [0, 0.05) is 35.1 Å². The maximum atomic E-state index is 14.1. The van der Waals surface area contributed by atoms with Gasteiger partial charge in [-0.05, 0) is 53.9 Å². The van der Waals surface area contributed by atoms with E-state index >= 15 is 0 Å². The second-order valence-corrected chi connectivity index (χ2v) is 9.65. The molecule has 1 heterocycles. The maximum Gasteiger partial charge on any atom is 0.301 e. The maximum absolute atomic E-state index is 14.1. The second kappa shape index (κ2) is 9.70. The molecule has 8 heteroatoms. The fourth-order valence-corrected chi connectivity index (χ4v) is 5.17. The number of hydrogen-bond acceptors (Lipinski definition) is 5. The van der Waals surface area contributed by atoms with Gasteiger partial charge < -0.3 is 9.64 Å². The number of benzene rings is 3. The summed E-state index contributed by atoms with van der Waals surface area (Å²) in [5.74, 6) is -1.29. The molecule has 182 valence electrons. The first-order chi connectivity index (χ1) is 17.3. The third-order valence-corrected chi connectivity index (χ3v) is 6.98. The largest absolute Gasteiger partial charge is 0.492 e. The molecule has 1 aliphatic carbocycles. The van der Waals surface area contributed by atoms with Crippen molar-refractivity contribution in [2.24, 2.45) is 0 Å². The summed E-state index contributed by atoms with van der Waals surface area (Å²) >= 11 is 1.01. The summed E-state index contributed by atoms with van der Waals surface area (Å²) < 4.78 is 34.1. The van der Waals surface area contributed by atoms with Gasteiger partial charge in [-0.2, -0.15) is 0 Å². The van der Waals surface area contributed by atoms with Crippen LogP contribution in [0.1, 0.15) is 32.6 Å². The highest BCUT2D eigenvalue weighted by Crippen LogP contribution is 2.43. The number of Topliss-reactive ketones (excluding diaryl/α,β-unsaturated/α-hetero) is 1. The first-order valence-electron chi connectivity index (χ1n) is 11.4. The number of hydrogen-bond donors (Lipinski definition) is 0. The SMILES string of the molecule is Cc1ccc(C2=C(c3cc(F)cc(F)c3)c3ccc(OCCN4CCSC(=O)C4=O)cc3C2=O)cc1. The third kappa shape index (κ3) is 4.56. The molecule has 1 aliphatic heterocycles. The van der Waals surface area contributed by atoms with E-state index in [1.807, 2.05) is 31.2 Å². The van der Waals surface area contributed by atoms with E-state index in [2.05, 4.69) is 0 Å². The summed E-state index contributed by atoms with van der Waals surface area (Å²) in [6.45, 7) is 2.80. The molecule has 0 saturated carbocycles. The molecule has 0 aromatic heterocycles. The van der Waals surface area contributed by atoms with Crippen molar-refractivity contribution < 1.29 is 27.9 Å². The molecule has 1 fully saturated rings. The minimum atomic E-state index is -0.731. The highest BCUT2D eigenvalue weighted by Gasteiger charge is 2.32. The number of carbonyl (C=O) groups is 3. The van der Waals surface area contributed by atoms with E-state index in [1.165, 1.54) is 17.0 Å². The first kappa shape index (κ1) is 23.9. The van der Waals surface area contributed by atoms with Crippen molar-refractivity contribution in [1.29, 1.82) is 0 Å². The number of carbonyl (C=O) groups excluding carboxylic acids is 3. The zero-order valence-corrected chi connectivity index (χ0v) is 20.2. The molecule has 3 aromatic rings. The van der Waals surface area contributed by atoms with Crippen molar-refractivity contribution >= 4 is 39.7 Å². The smallest absolute Gasteiger partial charge is 0.301 e. The Bertz CT molecular complexity index is 1410. The standard InChI is InChI=1S/C28H21F2NO4S/c1-16-2-4-17(5-3-16)25-24(18-12-19(29)14-20(30)13-18)22-7-6-21(15-23(22)26(25)32)35-10-8-31-9-11-36-28(34)27(31)33/h2-7,12-15H,8-11H2,1H3. The van der Waals surface area contributed by atoms with E-state index in [0.717, 1.165) is 23.4 Å². The molecule has 1 saturated heterocycles. The van der Waals surface area contributed by atoms with Gasteiger partial charge in [0.1, 0.15) is 24.0 Å². The van der Waals surface area contributed by atoms with Gasteiger partial charge >= 0.3 is 5.91 Å². The van der Waals surface area contributed by atoms with Crippen molar-refractivity contribution in [2.75, 3.05) is 25.4 Å². The number of nitrogens with zero attached hydrogens (tertiary/aromatic N) is 1. The van der Waals surface area contributed by atoms with Crippen LogP contribution in [0.5, 0.6) is 5.75 Å². The van der Waals surface area contributed by atoms with Gasteiger partial charge in [-0.1, -0.05) is 41.6 Å². The number of allylic oxidation sites excluding steroid dienone is 1. The predicted molar refractivity (Wildman–Crippen MR) is 134 cm³/mol. The van der Waals surface area contributed by atoms with Crippen LogP contribution in [-0.2, 0) is 9.59 Å². The second-order valence-electron chi connectivity index (χ2n) is 8.59. The van der Waals surface area contributed by atoms with E-state index in [4.69, 9.17) is 4.74 Å². The molecule has 1 amide bonds. The Hall–Kier alpha value is -3.78. The van der Waals surface area contributed by atoms with Crippen molar-refractivity contribution in [3.8, 4) is 5.75 Å². The predicted octanol–water partition coefficient (Wildman–Crippen LogP) is 4.91. The monoisotopic (exact) mass is 505 g/mol. The zero-order valence-electron chi connectivity index (χ0n) is 19.3. The lowest BCUT2D eigenvalue weighted by atomic mass is 9.93. The topological polar surface area (TPSA) is 63.7 Å². The number of amides is 1. The number of thioether (sulfide) groups is 1. The van der Waals surface area contributed by atoms with E-state index in [0.29, 0.717) is 45.9 Å². The zero-order chi connectivity index (χ0) is 25.4. The highest BCUT2D eigenvalue weighted by atomic mass is 32.2. The van der Waals surface area contributed by atoms with Crippen molar-refractivity contribution in [2.45, 2.75) is 6.92 Å². The quantitative estimate of drug-likeness (QED) is 0.446. The average molecular weight is 506 g/mol. The molecule has 2 aliphatic rings. The molecule has 5 rings (SSSR count). The van der Waals surface area contributed by atoms with Gasteiger partial charge in [0.05, 0.1) is 6.54 Å². The lowest BCUT2D eigenvalue weighted by Crippen LogP contribution is -2.43. The van der Waals surface area contributed by atoms with Crippen LogP contribution < -0.4 is 4.74 Å². The summed E-state index contributed by atoms with van der Waals surface area (Å²) in [7, 11) is 0. The number of aryl methyl sites for hydroxylation is 1. The van der Waals surface area contributed by atoms with Gasteiger partial charge in [-0.25, -0.2) is 8.78 Å². The number of ether oxygens (including phenoxy) is 1. The number of fused-ring (bicyclic) bond motifs is 1. The number of halogens is 2. The molecule has 5 nitrogen and oxygen atoms in total. The Morgan fingerprint density at radius 1 is 0.861 bits per heavy atom. The van der Waals surface area contributed by atoms with Crippen molar-refractivity contribution in [3.63, 3.8) is 0 Å². The molecule has 0 bridgehead atoms. The lowest BCUT2D eigenvalue weighted by molar-refractivity contribution is -0.140. The third-order valence-electron chi connectivity index (χ3n) is 6.16. The molecule has 0 unspecified atom stereocenters. The molecular weight excluding hydrogens is 484 g/mol. The van der Waals surface area contributed by atoms with Crippen LogP contribution in [0.4, 0.5) is 8.78 Å². The van der Waals surface area contributed by atoms with Crippen LogP contribution in [-0.4, -0.2) is 47.2 Å². The van der Waals surface area contributed by atoms with E-state index < -0.39 is 22.7 Å². The van der Waals surface area contributed by atoms with Crippen LogP contribution in [0, 0.1) is 18.6 Å². The summed E-state index contributed by atoms with van der Waals surface area (Å²) in [6.07, 6.45) is 0. The summed E-state index contributed by atoms with van der Waals surface area (Å²) in [5, 5.41) is -0.472. The number of ketones is 1. The lowest BCUT2D eigenvalue weighted by Gasteiger charge is -2.25. The van der Waals surface area contributed by atoms with Crippen molar-refractivity contribution in [3.05, 3.63) is 100 Å². The Balaban J connectivity index is 1.47. The summed E-state index contributed by atoms with van der Waals surface area (Å²) in [4.78, 5) is 38.6. The molecule has 0 N–H and O–H groups in total. The Morgan fingerprint density at radius 3 is 2.31 bits per heavy atom. The molecule has 3 aromatic carbocycles. The van der Waals surface area contributed by atoms with Crippen LogP contribution in [0.3, 0.4) is 0 Å². The van der Waals surface area contributed by atoms with Crippen LogP contribution >= 0.6 is 11.8 Å². The molecule has 36 heavy (non-hydrogen) atoms. The molecule has 0 atom stereocenters. The number of rotatable bonds is 6. The Labute approximate surface area is 210 Å². The van der Waals surface area contributed by atoms with Gasteiger partial charge in [0.15, 0.2) is 5.78 Å². The van der Waals surface area contributed by atoms with Gasteiger partial charge in [0.2, 0.25) is 0 Å². The van der Waals surface area contributed by atoms with E-state index in [1.54, 1.807) is 18.2 Å². The highest BCUT2D eigenvalue weighted by molar-refractivity contribution is 8.15. The summed E-state index contributed by atoms with van der Waals surface area (Å²) in [5.41, 5.74) is 3.68. The normalized spacial score (nSPS) is 15.5. The van der Waals surface area contributed by atoms with Crippen LogP contribution in [0.2, 0.25) is 0 Å². The molecule has 0 radical (unpaired) electrons. The van der Waals surface area contributed by atoms with Crippen LogP contribution in [0.25, 0.3) is 11.1 Å². The van der Waals surface area contributed by atoms with Crippen LogP contribution in [0.15, 0.2) is 60.7 Å². The fourth-order valence-electron chi connectivity index (χ4n) is 4.42. The van der Waals surface area contributed by atoms with Gasteiger partial charge in [-0.3, -0.25) is 14.4 Å². The Morgan fingerprint density at radius 2 is 1.58 bits per heavy atom. The van der Waals surface area contributed by atoms with Gasteiger partial charge in [0.25, 0.3) is 5.12 Å². The van der Waals surface area contributed by atoms with E-state index in [-0.39, 0.29) is 24.5 Å². The molecule has 0 spiro atoms. The minimum absolute atomic E-state index is 0.150. The first-order valence-corrected chi connectivity index (χ1v) is 12.4. The average Bonchev–Trinajstić information content (AvgIpc) is 3.13. The fraction of sp³-hybridized carbons (Fsp3) is 0.179. The van der Waals surface area contributed by atoms with Crippen molar-refractivity contribution in [1.82, 2.24) is 4.90 Å². The van der Waals surface area contributed by atoms with Gasteiger partial charge in [-0.15, -0.1) is 0 Å². The summed E-state index contributed by atoms with van der Waals surface area (Å²) in [6, 6.07) is 15.6. The van der Waals surface area contributed by atoms with E-state index in [9.17, 15) is 23.2 Å². The molecular formula is C28H21F2NO4S. The minimum Gasteiger partial charge on any atom is -0.492 e. The Kier molecular flexibility index (Phi) is 6.45.